The van der Waals surface area contributed by atoms with Gasteiger partial charge in [-0.1, -0.05) is 6.07 Å². The summed E-state index contributed by atoms with van der Waals surface area (Å²) in [6.07, 6.45) is -1.86. The number of nitrogens with zero attached hydrogens (tertiary/aromatic N) is 1. The SMILES string of the molecule is O=C(c1cccc(C(F)(F)F)n1)C1CC2CCC(C1)S2=O. The predicted octanol–water partition coefficient (Wildman–Crippen LogP) is 2.97. The third-order valence-corrected chi connectivity index (χ3v) is 6.40. The van der Waals surface area contributed by atoms with Gasteiger partial charge in [-0.15, -0.1) is 0 Å². The zero-order valence-electron chi connectivity index (χ0n) is 11.1. The Bertz CT molecular complexity index is 586. The Morgan fingerprint density at radius 2 is 1.81 bits per heavy atom. The quantitative estimate of drug-likeness (QED) is 0.788. The van der Waals surface area contributed by atoms with Crippen LogP contribution in [0, 0.1) is 5.92 Å². The molecule has 3 nitrogen and oxygen atoms in total. The number of hydrogen-bond acceptors (Lipinski definition) is 3. The summed E-state index contributed by atoms with van der Waals surface area (Å²) in [5.41, 5.74) is -1.18. The van der Waals surface area contributed by atoms with Gasteiger partial charge in [0.2, 0.25) is 0 Å². The van der Waals surface area contributed by atoms with E-state index in [4.69, 9.17) is 0 Å². The van der Waals surface area contributed by atoms with E-state index in [0.717, 1.165) is 18.9 Å². The van der Waals surface area contributed by atoms with Gasteiger partial charge in [0.1, 0.15) is 11.4 Å². The molecule has 0 radical (unpaired) electrons. The smallest absolute Gasteiger partial charge is 0.292 e. The van der Waals surface area contributed by atoms with Crippen LogP contribution in [0.25, 0.3) is 0 Å². The second-order valence-corrected chi connectivity index (χ2v) is 7.58. The number of alkyl halides is 3. The van der Waals surface area contributed by atoms with E-state index in [-0.39, 0.29) is 27.9 Å². The maximum absolute atomic E-state index is 12.6. The van der Waals surface area contributed by atoms with Crippen molar-refractivity contribution in [2.24, 2.45) is 5.92 Å². The number of rotatable bonds is 2. The van der Waals surface area contributed by atoms with Crippen LogP contribution in [0.5, 0.6) is 0 Å². The van der Waals surface area contributed by atoms with Crippen molar-refractivity contribution in [1.82, 2.24) is 4.98 Å². The van der Waals surface area contributed by atoms with E-state index >= 15 is 0 Å². The molecule has 2 saturated heterocycles. The Hall–Kier alpha value is -1.24. The van der Waals surface area contributed by atoms with Crippen molar-refractivity contribution in [2.45, 2.75) is 42.4 Å². The number of hydrogen-bond donors (Lipinski definition) is 0. The van der Waals surface area contributed by atoms with Crippen LogP contribution in [0.1, 0.15) is 41.9 Å². The standard InChI is InChI=1S/C14H14F3NO2S/c15-14(16,17)12-3-1-2-11(18-12)13(19)8-6-9-4-5-10(7-8)21(9)20/h1-3,8-10H,4-7H2. The van der Waals surface area contributed by atoms with Gasteiger partial charge in [-0.05, 0) is 37.8 Å². The molecule has 0 aromatic carbocycles. The lowest BCUT2D eigenvalue weighted by atomic mass is 9.92. The number of fused-ring (bicyclic) bond motifs is 2. The molecule has 2 aliphatic rings. The molecule has 0 amide bonds. The van der Waals surface area contributed by atoms with Crippen molar-refractivity contribution in [2.75, 3.05) is 0 Å². The molecule has 2 fully saturated rings. The monoisotopic (exact) mass is 317 g/mol. The van der Waals surface area contributed by atoms with Crippen LogP contribution in [-0.2, 0) is 17.0 Å². The summed E-state index contributed by atoms with van der Waals surface area (Å²) in [6, 6.07) is 3.39. The number of carbonyl (C=O) groups is 1. The molecule has 0 N–H and O–H groups in total. The van der Waals surface area contributed by atoms with Crippen LogP contribution < -0.4 is 0 Å². The lowest BCUT2D eigenvalue weighted by Crippen LogP contribution is -2.32. The van der Waals surface area contributed by atoms with Crippen LogP contribution in [0.2, 0.25) is 0 Å². The third-order valence-electron chi connectivity index (χ3n) is 4.23. The van der Waals surface area contributed by atoms with E-state index in [1.807, 2.05) is 0 Å². The van der Waals surface area contributed by atoms with Crippen molar-refractivity contribution in [1.29, 1.82) is 0 Å². The van der Waals surface area contributed by atoms with Crippen LogP contribution >= 0.6 is 0 Å². The number of carbonyl (C=O) groups excluding carboxylic acids is 1. The van der Waals surface area contributed by atoms with Crippen LogP contribution in [0.4, 0.5) is 13.2 Å². The molecule has 2 unspecified atom stereocenters. The summed E-state index contributed by atoms with van der Waals surface area (Å²) in [5, 5.41) is 0.0343. The number of pyridine rings is 1. The van der Waals surface area contributed by atoms with Gasteiger partial charge in [0.15, 0.2) is 5.78 Å². The molecule has 3 heterocycles. The second-order valence-electron chi connectivity index (χ2n) is 5.59. The zero-order chi connectivity index (χ0) is 15.2. The van der Waals surface area contributed by atoms with Crippen LogP contribution in [-0.4, -0.2) is 25.5 Å². The van der Waals surface area contributed by atoms with E-state index < -0.39 is 22.7 Å². The minimum Gasteiger partial charge on any atom is -0.292 e. The first-order valence-electron chi connectivity index (χ1n) is 6.84. The number of Topliss-reactive ketones (excluding diaryl/α,β-unsaturated/α-hetero) is 1. The topological polar surface area (TPSA) is 47.0 Å². The van der Waals surface area contributed by atoms with Gasteiger partial charge in [0.25, 0.3) is 0 Å². The van der Waals surface area contributed by atoms with E-state index in [1.165, 1.54) is 12.1 Å². The Labute approximate surface area is 122 Å². The van der Waals surface area contributed by atoms with E-state index in [2.05, 4.69) is 4.98 Å². The predicted molar refractivity (Wildman–Crippen MR) is 71.2 cm³/mol. The highest BCUT2D eigenvalue weighted by Gasteiger charge is 2.43. The molecular formula is C14H14F3NO2S. The van der Waals surface area contributed by atoms with Gasteiger partial charge < -0.3 is 0 Å². The molecular weight excluding hydrogens is 303 g/mol. The lowest BCUT2D eigenvalue weighted by Gasteiger charge is -2.26. The highest BCUT2D eigenvalue weighted by molar-refractivity contribution is 7.86. The number of ketones is 1. The molecule has 0 aliphatic carbocycles. The lowest BCUT2D eigenvalue weighted by molar-refractivity contribution is -0.141. The average Bonchev–Trinajstić information content (AvgIpc) is 2.66. The first kappa shape index (κ1) is 14.7. The Morgan fingerprint density at radius 1 is 1.19 bits per heavy atom. The zero-order valence-corrected chi connectivity index (χ0v) is 11.9. The van der Waals surface area contributed by atoms with Gasteiger partial charge >= 0.3 is 6.18 Å². The highest BCUT2D eigenvalue weighted by Crippen LogP contribution is 2.39. The van der Waals surface area contributed by atoms with Crippen LogP contribution in [0.15, 0.2) is 18.2 Å². The Balaban J connectivity index is 1.82. The Kier molecular flexibility index (Phi) is 3.63. The van der Waals surface area contributed by atoms with Crippen molar-refractivity contribution in [3.05, 3.63) is 29.6 Å². The second kappa shape index (κ2) is 5.19. The van der Waals surface area contributed by atoms with Gasteiger partial charge in [0, 0.05) is 27.2 Å². The molecule has 2 bridgehead atoms. The molecule has 3 rings (SSSR count). The largest absolute Gasteiger partial charge is 0.433 e. The van der Waals surface area contributed by atoms with Crippen LogP contribution in [0.3, 0.4) is 0 Å². The first-order valence-corrected chi connectivity index (χ1v) is 8.11. The summed E-state index contributed by atoms with van der Waals surface area (Å²) < 4.78 is 49.8. The molecule has 1 aromatic heterocycles. The van der Waals surface area contributed by atoms with Gasteiger partial charge in [-0.25, -0.2) is 4.98 Å². The van der Waals surface area contributed by atoms with Crippen molar-refractivity contribution >= 4 is 16.6 Å². The summed E-state index contributed by atoms with van der Waals surface area (Å²) in [4.78, 5) is 15.8. The molecule has 7 heteroatoms. The van der Waals surface area contributed by atoms with E-state index in [0.29, 0.717) is 12.8 Å². The normalized spacial score (nSPS) is 32.1. The van der Waals surface area contributed by atoms with E-state index in [9.17, 15) is 22.2 Å². The maximum Gasteiger partial charge on any atom is 0.433 e. The van der Waals surface area contributed by atoms with Gasteiger partial charge in [-0.2, -0.15) is 13.2 Å². The molecule has 0 spiro atoms. The first-order chi connectivity index (χ1) is 9.86. The fourth-order valence-corrected chi connectivity index (χ4v) is 5.31. The third kappa shape index (κ3) is 2.75. The van der Waals surface area contributed by atoms with Crippen molar-refractivity contribution in [3.8, 4) is 0 Å². The summed E-state index contributed by atoms with van der Waals surface area (Å²) in [7, 11) is -0.883. The fourth-order valence-electron chi connectivity index (χ4n) is 3.19. The minimum atomic E-state index is -4.55. The Morgan fingerprint density at radius 3 is 2.38 bits per heavy atom. The summed E-state index contributed by atoms with van der Waals surface area (Å²) in [6.45, 7) is 0. The van der Waals surface area contributed by atoms with Gasteiger partial charge in [0.05, 0.1) is 0 Å². The maximum atomic E-state index is 12.6. The molecule has 2 atom stereocenters. The summed E-state index contributed by atoms with van der Waals surface area (Å²) >= 11 is 0. The number of aromatic nitrogens is 1. The molecule has 114 valence electrons. The summed E-state index contributed by atoms with van der Waals surface area (Å²) in [5.74, 6) is -0.703. The van der Waals surface area contributed by atoms with Crippen molar-refractivity contribution < 1.29 is 22.2 Å². The van der Waals surface area contributed by atoms with E-state index in [1.54, 1.807) is 0 Å². The number of halogens is 3. The minimum absolute atomic E-state index is 0.0171. The molecule has 1 aromatic rings. The fraction of sp³-hybridized carbons (Fsp3) is 0.571. The molecule has 2 aliphatic heterocycles. The molecule has 0 saturated carbocycles. The average molecular weight is 317 g/mol. The highest BCUT2D eigenvalue weighted by atomic mass is 32.2. The molecule has 21 heavy (non-hydrogen) atoms. The van der Waals surface area contributed by atoms with Crippen molar-refractivity contribution in [3.63, 3.8) is 0 Å². The van der Waals surface area contributed by atoms with Gasteiger partial charge in [-0.3, -0.25) is 9.00 Å².